The molecule has 0 aliphatic rings. The highest BCUT2D eigenvalue weighted by Crippen LogP contribution is 2.21. The van der Waals surface area contributed by atoms with Gasteiger partial charge in [-0.25, -0.2) is 4.39 Å². The Bertz CT molecular complexity index is 402. The molecule has 0 amide bonds. The molecule has 17 heavy (non-hydrogen) atoms. The Hall–Kier alpha value is -0.930. The second-order valence-corrected chi connectivity index (χ2v) is 4.45. The highest BCUT2D eigenvalue weighted by Gasteiger charge is 2.26. The molecule has 0 spiro atoms. The van der Waals surface area contributed by atoms with Crippen LogP contribution in [0.25, 0.3) is 0 Å². The van der Waals surface area contributed by atoms with Crippen LogP contribution in [0.15, 0.2) is 18.2 Å². The molecule has 2 nitrogen and oxygen atoms in total. The Balaban J connectivity index is 2.96. The predicted octanol–water partition coefficient (Wildman–Crippen LogP) is 3.46. The minimum Gasteiger partial charge on any atom is -0.385 e. The van der Waals surface area contributed by atoms with Crippen LogP contribution in [0.2, 0.25) is 5.02 Å². The van der Waals surface area contributed by atoms with Crippen LogP contribution in [0.1, 0.15) is 37.0 Å². The Labute approximate surface area is 105 Å². The van der Waals surface area contributed by atoms with Crippen LogP contribution in [0.3, 0.4) is 0 Å². The van der Waals surface area contributed by atoms with E-state index in [-0.39, 0.29) is 16.5 Å². The zero-order chi connectivity index (χ0) is 13.0. The summed E-state index contributed by atoms with van der Waals surface area (Å²) in [5.41, 5.74) is -0.103. The van der Waals surface area contributed by atoms with Gasteiger partial charge in [0.05, 0.1) is 5.56 Å². The Morgan fingerprint density at radius 1 is 1.41 bits per heavy atom. The van der Waals surface area contributed by atoms with Crippen molar-refractivity contribution in [3.05, 3.63) is 34.6 Å². The molecule has 0 aliphatic carbocycles. The molecule has 1 unspecified atom stereocenters. The van der Waals surface area contributed by atoms with E-state index >= 15 is 0 Å². The number of carbonyl (C=O) groups excluding carboxylic acids is 1. The molecule has 1 rings (SSSR count). The van der Waals surface area contributed by atoms with Gasteiger partial charge in [-0.3, -0.25) is 4.79 Å². The monoisotopic (exact) mass is 258 g/mol. The first kappa shape index (κ1) is 14.1. The zero-order valence-corrected chi connectivity index (χ0v) is 10.7. The van der Waals surface area contributed by atoms with E-state index in [4.69, 9.17) is 11.6 Å². The molecule has 0 heterocycles. The third-order valence-electron chi connectivity index (χ3n) is 2.96. The third-order valence-corrected chi connectivity index (χ3v) is 3.20. The lowest BCUT2D eigenvalue weighted by Gasteiger charge is -2.19. The Kier molecular flexibility index (Phi) is 5.09. The van der Waals surface area contributed by atoms with Crippen molar-refractivity contribution < 1.29 is 14.3 Å². The van der Waals surface area contributed by atoms with E-state index in [9.17, 15) is 14.3 Å². The van der Waals surface area contributed by atoms with Crippen molar-refractivity contribution in [1.82, 2.24) is 0 Å². The van der Waals surface area contributed by atoms with Gasteiger partial charge in [-0.05, 0) is 24.1 Å². The molecule has 0 aromatic heterocycles. The summed E-state index contributed by atoms with van der Waals surface area (Å²) < 4.78 is 13.5. The molecular weight excluding hydrogens is 243 g/mol. The third kappa shape index (κ3) is 3.27. The molecule has 94 valence electrons. The molecule has 0 aliphatic heterocycles. The lowest BCUT2D eigenvalue weighted by molar-refractivity contribution is 0.0584. The molecule has 0 radical (unpaired) electrons. The summed E-state index contributed by atoms with van der Waals surface area (Å²) >= 11 is 5.60. The average molecular weight is 259 g/mol. The van der Waals surface area contributed by atoms with Gasteiger partial charge in [0.15, 0.2) is 5.78 Å². The first-order chi connectivity index (χ1) is 8.01. The van der Waals surface area contributed by atoms with Gasteiger partial charge in [-0.2, -0.15) is 0 Å². The lowest BCUT2D eigenvalue weighted by atomic mass is 9.91. The van der Waals surface area contributed by atoms with Gasteiger partial charge in [-0.1, -0.05) is 38.3 Å². The lowest BCUT2D eigenvalue weighted by Crippen LogP contribution is -2.29. The van der Waals surface area contributed by atoms with Gasteiger partial charge < -0.3 is 5.11 Å². The van der Waals surface area contributed by atoms with Gasteiger partial charge in [0, 0.05) is 5.02 Å². The van der Waals surface area contributed by atoms with Crippen LogP contribution < -0.4 is 0 Å². The summed E-state index contributed by atoms with van der Waals surface area (Å²) in [4.78, 5) is 11.9. The van der Waals surface area contributed by atoms with E-state index in [1.54, 1.807) is 0 Å². The van der Waals surface area contributed by atoms with Gasteiger partial charge in [0.2, 0.25) is 0 Å². The first-order valence-corrected chi connectivity index (χ1v) is 6.06. The fourth-order valence-corrected chi connectivity index (χ4v) is 1.96. The minimum atomic E-state index is -1.15. The fraction of sp³-hybridized carbons (Fsp3) is 0.462. The zero-order valence-electron chi connectivity index (χ0n) is 9.91. The van der Waals surface area contributed by atoms with Crippen molar-refractivity contribution >= 4 is 17.4 Å². The summed E-state index contributed by atoms with van der Waals surface area (Å²) in [5.74, 6) is -1.40. The molecule has 1 aromatic carbocycles. The second-order valence-electron chi connectivity index (χ2n) is 4.01. The van der Waals surface area contributed by atoms with Crippen LogP contribution in [0.4, 0.5) is 4.39 Å². The van der Waals surface area contributed by atoms with Crippen molar-refractivity contribution in [1.29, 1.82) is 0 Å². The van der Waals surface area contributed by atoms with E-state index in [1.807, 2.05) is 13.8 Å². The number of halogens is 2. The average Bonchev–Trinajstić information content (AvgIpc) is 2.29. The van der Waals surface area contributed by atoms with Crippen LogP contribution in [-0.2, 0) is 0 Å². The SMILES string of the molecule is CCC(CC)C(O)C(=O)c1ccc(Cl)cc1F. The minimum absolute atomic E-state index is 0.103. The highest BCUT2D eigenvalue weighted by atomic mass is 35.5. The van der Waals surface area contributed by atoms with Crippen LogP contribution in [0, 0.1) is 11.7 Å². The van der Waals surface area contributed by atoms with Gasteiger partial charge in [0.1, 0.15) is 11.9 Å². The standard InChI is InChI=1S/C13H16ClFO2/c1-3-8(4-2)12(16)13(17)10-6-5-9(14)7-11(10)15/h5-8,12,16H,3-4H2,1-2H3. The van der Waals surface area contributed by atoms with Crippen molar-refractivity contribution in [3.8, 4) is 0 Å². The highest BCUT2D eigenvalue weighted by molar-refractivity contribution is 6.30. The summed E-state index contributed by atoms with van der Waals surface area (Å²) in [6, 6.07) is 3.83. The van der Waals surface area contributed by atoms with Crippen LogP contribution in [0.5, 0.6) is 0 Å². The van der Waals surface area contributed by atoms with E-state index in [0.717, 1.165) is 6.07 Å². The molecular formula is C13H16ClFO2. The van der Waals surface area contributed by atoms with Crippen molar-refractivity contribution in [2.75, 3.05) is 0 Å². The number of hydrogen-bond acceptors (Lipinski definition) is 2. The predicted molar refractivity (Wildman–Crippen MR) is 65.8 cm³/mol. The molecule has 1 aromatic rings. The molecule has 1 N–H and O–H groups in total. The molecule has 4 heteroatoms. The number of ketones is 1. The van der Waals surface area contributed by atoms with Gasteiger partial charge in [-0.15, -0.1) is 0 Å². The number of carbonyl (C=O) groups is 1. The largest absolute Gasteiger partial charge is 0.385 e. The van der Waals surface area contributed by atoms with Gasteiger partial charge >= 0.3 is 0 Å². The number of Topliss-reactive ketones (excluding diaryl/α,β-unsaturated/α-hetero) is 1. The number of aliphatic hydroxyl groups excluding tert-OH is 1. The molecule has 0 bridgehead atoms. The maximum Gasteiger partial charge on any atom is 0.194 e. The quantitative estimate of drug-likeness (QED) is 0.822. The topological polar surface area (TPSA) is 37.3 Å². The Morgan fingerprint density at radius 2 is 2.00 bits per heavy atom. The van der Waals surface area contributed by atoms with E-state index in [1.165, 1.54) is 12.1 Å². The maximum absolute atomic E-state index is 13.5. The Morgan fingerprint density at radius 3 is 2.47 bits per heavy atom. The van der Waals surface area contributed by atoms with E-state index in [2.05, 4.69) is 0 Å². The molecule has 0 fully saturated rings. The number of aliphatic hydroxyl groups is 1. The molecule has 0 saturated carbocycles. The maximum atomic E-state index is 13.5. The van der Waals surface area contributed by atoms with E-state index < -0.39 is 17.7 Å². The van der Waals surface area contributed by atoms with Crippen molar-refractivity contribution in [3.63, 3.8) is 0 Å². The first-order valence-electron chi connectivity index (χ1n) is 5.68. The molecule has 0 saturated heterocycles. The van der Waals surface area contributed by atoms with Crippen LogP contribution in [-0.4, -0.2) is 17.0 Å². The number of hydrogen-bond donors (Lipinski definition) is 1. The van der Waals surface area contributed by atoms with Gasteiger partial charge in [0.25, 0.3) is 0 Å². The number of benzene rings is 1. The van der Waals surface area contributed by atoms with Crippen molar-refractivity contribution in [2.24, 2.45) is 5.92 Å². The number of rotatable bonds is 5. The van der Waals surface area contributed by atoms with E-state index in [0.29, 0.717) is 12.8 Å². The summed E-state index contributed by atoms with van der Waals surface area (Å²) in [6.07, 6.45) is 0.206. The smallest absolute Gasteiger partial charge is 0.194 e. The normalized spacial score (nSPS) is 12.8. The second kappa shape index (κ2) is 6.12. The molecule has 1 atom stereocenters. The summed E-state index contributed by atoms with van der Waals surface area (Å²) in [5, 5.41) is 10.1. The summed E-state index contributed by atoms with van der Waals surface area (Å²) in [6.45, 7) is 3.78. The van der Waals surface area contributed by atoms with Crippen LogP contribution >= 0.6 is 11.6 Å². The summed E-state index contributed by atoms with van der Waals surface area (Å²) in [7, 11) is 0. The fourth-order valence-electron chi connectivity index (χ4n) is 1.80. The van der Waals surface area contributed by atoms with Crippen molar-refractivity contribution in [2.45, 2.75) is 32.8 Å².